The van der Waals surface area contributed by atoms with Gasteiger partial charge in [-0.1, -0.05) is 26.5 Å². The first-order valence-corrected chi connectivity index (χ1v) is 6.55. The first-order chi connectivity index (χ1) is 8.90. The van der Waals surface area contributed by atoms with E-state index in [1.807, 2.05) is 36.4 Å². The third-order valence-electron chi connectivity index (χ3n) is 3.56. The molecule has 0 aromatic heterocycles. The molecule has 0 unspecified atom stereocenters. The summed E-state index contributed by atoms with van der Waals surface area (Å²) in [5, 5.41) is 10.2. The molecule has 0 saturated carbocycles. The van der Waals surface area contributed by atoms with Crippen LogP contribution in [0, 0.1) is 6.92 Å². The minimum absolute atomic E-state index is 0.324. The molecule has 19 heavy (non-hydrogen) atoms. The van der Waals surface area contributed by atoms with Crippen molar-refractivity contribution < 1.29 is 5.11 Å². The molecule has 0 radical (unpaired) electrons. The van der Waals surface area contributed by atoms with Crippen molar-refractivity contribution in [1.29, 1.82) is 0 Å². The Morgan fingerprint density at radius 3 is 2.53 bits per heavy atom. The smallest absolute Gasteiger partial charge is 0.119 e. The fourth-order valence-electron chi connectivity index (χ4n) is 2.28. The molecule has 100 valence electrons. The lowest BCUT2D eigenvalue weighted by atomic mass is 9.92. The van der Waals surface area contributed by atoms with E-state index >= 15 is 0 Å². The van der Waals surface area contributed by atoms with Gasteiger partial charge in [-0.2, -0.15) is 0 Å². The summed E-state index contributed by atoms with van der Waals surface area (Å²) in [6.45, 7) is 10.3. The SMILES string of the molecule is C=C1C=C(c2cc(O)c(C(C)C)cc2C)C=CN1C. The highest BCUT2D eigenvalue weighted by atomic mass is 16.3. The van der Waals surface area contributed by atoms with Crippen LogP contribution < -0.4 is 0 Å². The second-order valence-electron chi connectivity index (χ2n) is 5.40. The van der Waals surface area contributed by atoms with E-state index < -0.39 is 0 Å². The predicted molar refractivity (Wildman–Crippen MR) is 81.0 cm³/mol. The first-order valence-electron chi connectivity index (χ1n) is 6.55. The van der Waals surface area contributed by atoms with Gasteiger partial charge in [0.15, 0.2) is 0 Å². The fourth-order valence-corrected chi connectivity index (χ4v) is 2.28. The second kappa shape index (κ2) is 4.96. The number of phenols is 1. The average molecular weight is 255 g/mol. The van der Waals surface area contributed by atoms with E-state index in [1.54, 1.807) is 0 Å². The van der Waals surface area contributed by atoms with Crippen LogP contribution in [0.15, 0.2) is 42.8 Å². The van der Waals surface area contributed by atoms with Crippen LogP contribution in [0.5, 0.6) is 5.75 Å². The molecule has 0 fully saturated rings. The van der Waals surface area contributed by atoms with Gasteiger partial charge in [0.1, 0.15) is 5.75 Å². The van der Waals surface area contributed by atoms with Gasteiger partial charge in [-0.15, -0.1) is 0 Å². The number of aryl methyl sites for hydroxylation is 1. The Morgan fingerprint density at radius 2 is 1.95 bits per heavy atom. The summed E-state index contributed by atoms with van der Waals surface area (Å²) in [4.78, 5) is 1.97. The van der Waals surface area contributed by atoms with E-state index in [0.717, 1.165) is 22.4 Å². The van der Waals surface area contributed by atoms with Crippen LogP contribution in [-0.4, -0.2) is 17.1 Å². The highest BCUT2D eigenvalue weighted by Crippen LogP contribution is 2.33. The van der Waals surface area contributed by atoms with Crippen LogP contribution in [0.25, 0.3) is 5.57 Å². The van der Waals surface area contributed by atoms with Gasteiger partial charge < -0.3 is 10.0 Å². The third kappa shape index (κ3) is 2.58. The molecular formula is C17H21NO. The maximum atomic E-state index is 10.2. The Morgan fingerprint density at radius 1 is 1.26 bits per heavy atom. The molecule has 1 heterocycles. The number of hydrogen-bond acceptors (Lipinski definition) is 2. The maximum Gasteiger partial charge on any atom is 0.119 e. The van der Waals surface area contributed by atoms with Crippen molar-refractivity contribution in [3.63, 3.8) is 0 Å². The van der Waals surface area contributed by atoms with Crippen molar-refractivity contribution in [2.75, 3.05) is 7.05 Å². The number of likely N-dealkylation sites (N-methyl/N-ethyl adjacent to an activating group) is 1. The molecule has 1 aromatic carbocycles. The minimum Gasteiger partial charge on any atom is -0.508 e. The maximum absolute atomic E-state index is 10.2. The molecule has 0 bridgehead atoms. The summed E-state index contributed by atoms with van der Waals surface area (Å²) < 4.78 is 0. The fraction of sp³-hybridized carbons (Fsp3) is 0.294. The number of phenolic OH excluding ortho intramolecular Hbond substituents is 1. The second-order valence-corrected chi connectivity index (χ2v) is 5.40. The number of aromatic hydroxyl groups is 1. The summed E-state index contributed by atoms with van der Waals surface area (Å²) in [5.41, 5.74) is 5.27. The Kier molecular flexibility index (Phi) is 3.52. The molecule has 0 aliphatic carbocycles. The van der Waals surface area contributed by atoms with Gasteiger partial charge in [0.25, 0.3) is 0 Å². The molecule has 0 atom stereocenters. The van der Waals surface area contributed by atoms with E-state index in [1.165, 1.54) is 5.56 Å². The zero-order chi connectivity index (χ0) is 14.2. The molecule has 1 N–H and O–H groups in total. The summed E-state index contributed by atoms with van der Waals surface area (Å²) in [7, 11) is 1.97. The highest BCUT2D eigenvalue weighted by Gasteiger charge is 2.13. The number of allylic oxidation sites excluding steroid dienone is 3. The van der Waals surface area contributed by atoms with Gasteiger partial charge in [0.05, 0.1) is 0 Å². The van der Waals surface area contributed by atoms with Crippen LogP contribution in [0.1, 0.15) is 36.5 Å². The van der Waals surface area contributed by atoms with Gasteiger partial charge in [-0.05, 0) is 53.3 Å². The van der Waals surface area contributed by atoms with E-state index in [9.17, 15) is 5.11 Å². The molecule has 1 aromatic rings. The number of benzene rings is 1. The standard InChI is InChI=1S/C17H21NO/c1-11(2)15-8-12(3)16(10-17(15)19)14-6-7-18(5)13(4)9-14/h6-11,19H,4H2,1-3,5H3. The van der Waals surface area contributed by atoms with Crippen molar-refractivity contribution in [1.82, 2.24) is 4.90 Å². The third-order valence-corrected chi connectivity index (χ3v) is 3.56. The topological polar surface area (TPSA) is 23.5 Å². The molecular weight excluding hydrogens is 234 g/mol. The lowest BCUT2D eigenvalue weighted by Crippen LogP contribution is -2.10. The molecule has 2 heteroatoms. The van der Waals surface area contributed by atoms with Crippen molar-refractivity contribution in [2.24, 2.45) is 0 Å². The Labute approximate surface area is 115 Å². The minimum atomic E-state index is 0.324. The van der Waals surface area contributed by atoms with Crippen molar-refractivity contribution in [3.05, 3.63) is 59.5 Å². The molecule has 2 nitrogen and oxygen atoms in total. The Bertz CT molecular complexity index is 579. The van der Waals surface area contributed by atoms with Crippen molar-refractivity contribution in [3.8, 4) is 5.75 Å². The molecule has 2 rings (SSSR count). The molecule has 1 aliphatic heterocycles. The summed E-state index contributed by atoms with van der Waals surface area (Å²) >= 11 is 0. The molecule has 0 amide bonds. The average Bonchev–Trinajstić information content (AvgIpc) is 2.35. The normalized spacial score (nSPS) is 15.1. The van der Waals surface area contributed by atoms with Crippen molar-refractivity contribution in [2.45, 2.75) is 26.7 Å². The summed E-state index contributed by atoms with van der Waals surface area (Å²) in [5.74, 6) is 0.694. The summed E-state index contributed by atoms with van der Waals surface area (Å²) in [6.07, 6.45) is 6.08. The largest absolute Gasteiger partial charge is 0.508 e. The highest BCUT2D eigenvalue weighted by molar-refractivity contribution is 5.79. The molecule has 0 spiro atoms. The van der Waals surface area contributed by atoms with E-state index in [-0.39, 0.29) is 0 Å². The van der Waals surface area contributed by atoms with Gasteiger partial charge in [-0.25, -0.2) is 0 Å². The zero-order valence-electron chi connectivity index (χ0n) is 12.1. The lowest BCUT2D eigenvalue weighted by molar-refractivity contribution is 0.464. The Balaban J connectivity index is 2.48. The van der Waals surface area contributed by atoms with Crippen LogP contribution in [0.2, 0.25) is 0 Å². The van der Waals surface area contributed by atoms with Crippen LogP contribution in [0.4, 0.5) is 0 Å². The zero-order valence-corrected chi connectivity index (χ0v) is 12.1. The van der Waals surface area contributed by atoms with Crippen molar-refractivity contribution >= 4 is 5.57 Å². The number of hydrogen-bond donors (Lipinski definition) is 1. The van der Waals surface area contributed by atoms with E-state index in [0.29, 0.717) is 11.7 Å². The monoisotopic (exact) mass is 255 g/mol. The predicted octanol–water partition coefficient (Wildman–Crippen LogP) is 4.18. The molecule has 0 saturated heterocycles. The van der Waals surface area contributed by atoms with Gasteiger partial charge in [-0.3, -0.25) is 0 Å². The lowest BCUT2D eigenvalue weighted by Gasteiger charge is -2.21. The van der Waals surface area contributed by atoms with Crippen LogP contribution in [0.3, 0.4) is 0 Å². The quantitative estimate of drug-likeness (QED) is 0.857. The molecule has 1 aliphatic rings. The van der Waals surface area contributed by atoms with Gasteiger partial charge in [0.2, 0.25) is 0 Å². The summed E-state index contributed by atoms with van der Waals surface area (Å²) in [6, 6.07) is 3.94. The Hall–Kier alpha value is -1.96. The van der Waals surface area contributed by atoms with Gasteiger partial charge in [0, 0.05) is 18.9 Å². The van der Waals surface area contributed by atoms with E-state index in [4.69, 9.17) is 0 Å². The number of nitrogens with zero attached hydrogens (tertiary/aromatic N) is 1. The van der Waals surface area contributed by atoms with E-state index in [2.05, 4.69) is 33.4 Å². The van der Waals surface area contributed by atoms with Crippen LogP contribution in [-0.2, 0) is 0 Å². The number of rotatable bonds is 2. The van der Waals surface area contributed by atoms with Gasteiger partial charge >= 0.3 is 0 Å². The first kappa shape index (κ1) is 13.5. The van der Waals surface area contributed by atoms with Crippen LogP contribution >= 0.6 is 0 Å².